The van der Waals surface area contributed by atoms with Crippen LogP contribution in [0.3, 0.4) is 0 Å². The molecule has 0 aliphatic carbocycles. The van der Waals surface area contributed by atoms with Crippen LogP contribution in [0, 0.1) is 18.4 Å². The predicted molar refractivity (Wildman–Crippen MR) is 138 cm³/mol. The molecular formula is C27H33NO2SSi. The van der Waals surface area contributed by atoms with E-state index in [1.54, 1.807) is 12.1 Å². The Morgan fingerprint density at radius 1 is 1.03 bits per heavy atom. The summed E-state index contributed by atoms with van der Waals surface area (Å²) < 4.78 is 28.2. The highest BCUT2D eigenvalue weighted by Crippen LogP contribution is 2.18. The van der Waals surface area contributed by atoms with Gasteiger partial charge in [-0.2, -0.15) is 4.31 Å². The van der Waals surface area contributed by atoms with Gasteiger partial charge in [0, 0.05) is 6.54 Å². The van der Waals surface area contributed by atoms with Crippen molar-refractivity contribution in [1.29, 1.82) is 0 Å². The Kier molecular flexibility index (Phi) is 9.50. The summed E-state index contributed by atoms with van der Waals surface area (Å²) in [6.45, 7) is 10.9. The topological polar surface area (TPSA) is 37.4 Å². The van der Waals surface area contributed by atoms with Crippen LogP contribution in [0.5, 0.6) is 0 Å². The SMILES string of the molecule is CCC(=C=C/C=C/c1ccccc1)CN(CC#C[Si](C)(C)C)S(=O)(=O)c1ccc(C)cc1. The summed E-state index contributed by atoms with van der Waals surface area (Å²) in [5.41, 5.74) is 9.59. The van der Waals surface area contributed by atoms with Crippen molar-refractivity contribution in [1.82, 2.24) is 4.31 Å². The first-order chi connectivity index (χ1) is 15.1. The lowest BCUT2D eigenvalue weighted by Crippen LogP contribution is -2.33. The fourth-order valence-electron chi connectivity index (χ4n) is 2.84. The zero-order chi connectivity index (χ0) is 23.6. The van der Waals surface area contributed by atoms with Crippen molar-refractivity contribution in [2.24, 2.45) is 0 Å². The second-order valence-electron chi connectivity index (χ2n) is 8.68. The molecule has 0 unspecified atom stereocenters. The standard InChI is InChI=1S/C27H33NO2SSi/c1-6-25(13-10-11-16-26-14-8-7-9-15-26)23-28(21-12-22-32(3,4)5)31(29,30)27-19-17-24(2)18-20-27/h7-11,14-20H,6,21,23H2,1-5H3/b16-11+. The van der Waals surface area contributed by atoms with E-state index in [0.717, 1.165) is 16.7 Å². The van der Waals surface area contributed by atoms with Crippen LogP contribution in [0.4, 0.5) is 0 Å². The van der Waals surface area contributed by atoms with Crippen molar-refractivity contribution in [2.75, 3.05) is 13.1 Å². The second kappa shape index (κ2) is 11.9. The molecule has 32 heavy (non-hydrogen) atoms. The first kappa shape index (κ1) is 25.6. The number of rotatable bonds is 8. The van der Waals surface area contributed by atoms with Gasteiger partial charge in [-0.15, -0.1) is 11.3 Å². The molecule has 0 aromatic heterocycles. The Labute approximate surface area is 195 Å². The van der Waals surface area contributed by atoms with Crippen LogP contribution in [-0.2, 0) is 10.0 Å². The van der Waals surface area contributed by atoms with Crippen LogP contribution in [0.15, 0.2) is 82.9 Å². The molecule has 0 fully saturated rings. The van der Waals surface area contributed by atoms with Gasteiger partial charge in [-0.1, -0.05) is 92.7 Å². The average Bonchev–Trinajstić information content (AvgIpc) is 2.75. The first-order valence-electron chi connectivity index (χ1n) is 10.8. The third kappa shape index (κ3) is 8.49. The maximum absolute atomic E-state index is 13.4. The van der Waals surface area contributed by atoms with Crippen molar-refractivity contribution < 1.29 is 8.42 Å². The van der Waals surface area contributed by atoms with Gasteiger partial charge in [0.15, 0.2) is 0 Å². The fourth-order valence-corrected chi connectivity index (χ4v) is 4.79. The molecule has 5 heteroatoms. The molecule has 2 rings (SSSR count). The molecule has 0 heterocycles. The van der Waals surface area contributed by atoms with Crippen LogP contribution in [0.1, 0.15) is 24.5 Å². The Balaban J connectivity index is 2.32. The van der Waals surface area contributed by atoms with Crippen LogP contribution >= 0.6 is 0 Å². The number of benzene rings is 2. The number of hydrogen-bond donors (Lipinski definition) is 0. The zero-order valence-corrected chi connectivity index (χ0v) is 21.5. The minimum absolute atomic E-state index is 0.172. The summed E-state index contributed by atoms with van der Waals surface area (Å²) in [5, 5.41) is 0. The van der Waals surface area contributed by atoms with Crippen molar-refractivity contribution in [2.45, 2.75) is 44.8 Å². The molecule has 2 aromatic rings. The van der Waals surface area contributed by atoms with E-state index in [1.807, 2.05) is 74.5 Å². The monoisotopic (exact) mass is 463 g/mol. The number of hydrogen-bond acceptors (Lipinski definition) is 2. The van der Waals surface area contributed by atoms with Crippen molar-refractivity contribution >= 4 is 24.2 Å². The molecule has 0 radical (unpaired) electrons. The molecule has 0 amide bonds. The average molecular weight is 464 g/mol. The van der Waals surface area contributed by atoms with Gasteiger partial charge in [0.1, 0.15) is 8.07 Å². The third-order valence-electron chi connectivity index (χ3n) is 4.64. The van der Waals surface area contributed by atoms with E-state index in [1.165, 1.54) is 4.31 Å². The minimum Gasteiger partial charge on any atom is -0.207 e. The Hall–Kier alpha value is -2.61. The highest BCUT2D eigenvalue weighted by atomic mass is 32.2. The van der Waals surface area contributed by atoms with Gasteiger partial charge in [0.05, 0.1) is 11.4 Å². The first-order valence-corrected chi connectivity index (χ1v) is 15.8. The number of allylic oxidation sites excluding steroid dienone is 1. The zero-order valence-electron chi connectivity index (χ0n) is 19.7. The van der Waals surface area contributed by atoms with Gasteiger partial charge in [0.25, 0.3) is 0 Å². The van der Waals surface area contributed by atoms with Gasteiger partial charge in [-0.3, -0.25) is 0 Å². The number of aryl methyl sites for hydroxylation is 1. The lowest BCUT2D eigenvalue weighted by molar-refractivity contribution is 0.468. The van der Waals surface area contributed by atoms with Crippen LogP contribution in [0.2, 0.25) is 19.6 Å². The fraction of sp³-hybridized carbons (Fsp3) is 0.296. The van der Waals surface area contributed by atoms with E-state index < -0.39 is 18.1 Å². The largest absolute Gasteiger partial charge is 0.244 e. The molecule has 2 aromatic carbocycles. The predicted octanol–water partition coefficient (Wildman–Crippen LogP) is 6.07. The smallest absolute Gasteiger partial charge is 0.207 e. The molecule has 0 saturated carbocycles. The van der Waals surface area contributed by atoms with Gasteiger partial charge in [-0.05, 0) is 42.7 Å². The highest BCUT2D eigenvalue weighted by molar-refractivity contribution is 7.89. The van der Waals surface area contributed by atoms with E-state index >= 15 is 0 Å². The Morgan fingerprint density at radius 2 is 1.69 bits per heavy atom. The van der Waals surface area contributed by atoms with Crippen molar-refractivity contribution in [3.63, 3.8) is 0 Å². The molecule has 168 valence electrons. The number of sulfonamides is 1. The van der Waals surface area contributed by atoms with Crippen LogP contribution in [-0.4, -0.2) is 33.9 Å². The van der Waals surface area contributed by atoms with Gasteiger partial charge < -0.3 is 0 Å². The minimum atomic E-state index is -3.66. The highest BCUT2D eigenvalue weighted by Gasteiger charge is 2.24. The Morgan fingerprint density at radius 3 is 2.28 bits per heavy atom. The third-order valence-corrected chi connectivity index (χ3v) is 7.38. The van der Waals surface area contributed by atoms with Gasteiger partial charge in [-0.25, -0.2) is 8.42 Å². The molecular weight excluding hydrogens is 430 g/mol. The number of nitrogens with zero attached hydrogens (tertiary/aromatic N) is 1. The van der Waals surface area contributed by atoms with E-state index in [4.69, 9.17) is 0 Å². The molecule has 0 spiro atoms. The normalized spacial score (nSPS) is 11.7. The van der Waals surface area contributed by atoms with E-state index in [-0.39, 0.29) is 13.1 Å². The maximum Gasteiger partial charge on any atom is 0.244 e. The molecule has 0 aliphatic heterocycles. The molecule has 0 aliphatic rings. The summed E-state index contributed by atoms with van der Waals surface area (Å²) in [5.74, 6) is 3.12. The van der Waals surface area contributed by atoms with Crippen LogP contribution in [0.25, 0.3) is 6.08 Å². The van der Waals surface area contributed by atoms with E-state index in [2.05, 4.69) is 36.8 Å². The second-order valence-corrected chi connectivity index (χ2v) is 15.4. The Bertz CT molecular complexity index is 1140. The van der Waals surface area contributed by atoms with Crippen molar-refractivity contribution in [3.8, 4) is 11.5 Å². The summed E-state index contributed by atoms with van der Waals surface area (Å²) in [7, 11) is -5.26. The molecule has 0 atom stereocenters. The van der Waals surface area contributed by atoms with Crippen molar-refractivity contribution in [3.05, 3.63) is 89.2 Å². The van der Waals surface area contributed by atoms with Gasteiger partial charge in [0.2, 0.25) is 10.0 Å². The van der Waals surface area contributed by atoms with E-state index in [0.29, 0.717) is 11.3 Å². The molecule has 0 bridgehead atoms. The lowest BCUT2D eigenvalue weighted by Gasteiger charge is -2.21. The summed E-state index contributed by atoms with van der Waals surface area (Å²) >= 11 is 0. The lowest BCUT2D eigenvalue weighted by atomic mass is 10.2. The summed E-state index contributed by atoms with van der Waals surface area (Å²) in [4.78, 5) is 0.293. The maximum atomic E-state index is 13.4. The summed E-state index contributed by atoms with van der Waals surface area (Å²) in [6, 6.07) is 17.0. The van der Waals surface area contributed by atoms with Gasteiger partial charge >= 0.3 is 0 Å². The van der Waals surface area contributed by atoms with E-state index in [9.17, 15) is 8.42 Å². The molecule has 3 nitrogen and oxygen atoms in total. The quantitative estimate of drug-likeness (QED) is 0.206. The molecule has 0 saturated heterocycles. The summed E-state index contributed by atoms with van der Waals surface area (Å²) in [6.07, 6.45) is 6.47. The van der Waals surface area contributed by atoms with Crippen LogP contribution < -0.4 is 0 Å². The molecule has 0 N–H and O–H groups in total.